The van der Waals surface area contributed by atoms with Crippen molar-refractivity contribution in [2.24, 2.45) is 5.73 Å². The van der Waals surface area contributed by atoms with Crippen LogP contribution in [0.4, 0.5) is 13.2 Å². The molecule has 1 aromatic rings. The molecule has 0 aromatic heterocycles. The van der Waals surface area contributed by atoms with Gasteiger partial charge in [0.25, 0.3) is 5.91 Å². The average Bonchev–Trinajstić information content (AvgIpc) is 2.36. The van der Waals surface area contributed by atoms with E-state index in [0.717, 1.165) is 0 Å². The highest BCUT2D eigenvalue weighted by atomic mass is 19.4. The van der Waals surface area contributed by atoms with E-state index in [9.17, 15) is 18.0 Å². The lowest BCUT2D eigenvalue weighted by Gasteiger charge is -2.23. The Morgan fingerprint density at radius 1 is 1.42 bits per heavy atom. The Balaban J connectivity index is 2.91. The summed E-state index contributed by atoms with van der Waals surface area (Å²) in [5.74, 6) is -0.313. The molecule has 0 heterocycles. The van der Waals surface area contributed by atoms with Crippen LogP contribution in [-0.4, -0.2) is 43.7 Å². The fraction of sp³-hybridized carbons (Fsp3) is 0.417. The van der Waals surface area contributed by atoms with Gasteiger partial charge in [-0.05, 0) is 18.2 Å². The van der Waals surface area contributed by atoms with Crippen molar-refractivity contribution in [3.8, 4) is 5.75 Å². The number of carbonyl (C=O) groups excluding carboxylic acids is 1. The van der Waals surface area contributed by atoms with Gasteiger partial charge in [0.1, 0.15) is 12.3 Å². The zero-order valence-corrected chi connectivity index (χ0v) is 10.4. The van der Waals surface area contributed by atoms with Gasteiger partial charge in [0, 0.05) is 18.7 Å². The van der Waals surface area contributed by atoms with Crippen LogP contribution in [0, 0.1) is 0 Å². The van der Waals surface area contributed by atoms with Crippen molar-refractivity contribution in [2.45, 2.75) is 6.18 Å². The highest BCUT2D eigenvalue weighted by Gasteiger charge is 2.33. The smallest absolute Gasteiger partial charge is 0.406 e. The molecule has 0 aliphatic rings. The van der Waals surface area contributed by atoms with Gasteiger partial charge < -0.3 is 15.4 Å². The van der Waals surface area contributed by atoms with Gasteiger partial charge in [-0.25, -0.2) is 0 Å². The molecule has 0 unspecified atom stereocenters. The van der Waals surface area contributed by atoms with E-state index in [4.69, 9.17) is 10.5 Å². The fourth-order valence-electron chi connectivity index (χ4n) is 1.56. The summed E-state index contributed by atoms with van der Waals surface area (Å²) in [5, 5.41) is 0. The molecule has 0 spiro atoms. The van der Waals surface area contributed by atoms with Gasteiger partial charge in [-0.15, -0.1) is 0 Å². The summed E-state index contributed by atoms with van der Waals surface area (Å²) in [6.07, 6.45) is -4.45. The Morgan fingerprint density at radius 2 is 2.11 bits per heavy atom. The largest absolute Gasteiger partial charge is 0.497 e. The first-order valence-corrected chi connectivity index (χ1v) is 5.57. The summed E-state index contributed by atoms with van der Waals surface area (Å²) < 4.78 is 42.1. The number of ether oxygens (including phenoxy) is 1. The van der Waals surface area contributed by atoms with Crippen molar-refractivity contribution in [3.63, 3.8) is 0 Å². The third-order valence-corrected chi connectivity index (χ3v) is 2.37. The summed E-state index contributed by atoms with van der Waals surface area (Å²) in [6, 6.07) is 5.97. The van der Waals surface area contributed by atoms with E-state index in [1.807, 2.05) is 0 Å². The molecular weight excluding hydrogens is 261 g/mol. The Morgan fingerprint density at radius 3 is 2.63 bits per heavy atom. The molecular formula is C12H15F3N2O2. The van der Waals surface area contributed by atoms with Crippen LogP contribution < -0.4 is 10.5 Å². The second kappa shape index (κ2) is 6.42. The first-order chi connectivity index (χ1) is 8.87. The molecule has 7 heteroatoms. The number of halogens is 3. The van der Waals surface area contributed by atoms with E-state index in [-0.39, 0.29) is 18.7 Å². The SMILES string of the molecule is COc1cccc(C(=O)N(CCN)CC(F)(F)F)c1. The third-order valence-electron chi connectivity index (χ3n) is 2.37. The Labute approximate surface area is 108 Å². The van der Waals surface area contributed by atoms with Crippen molar-refractivity contribution in [2.75, 3.05) is 26.7 Å². The van der Waals surface area contributed by atoms with Crippen LogP contribution in [0.2, 0.25) is 0 Å². The first kappa shape index (κ1) is 15.3. The molecule has 4 nitrogen and oxygen atoms in total. The van der Waals surface area contributed by atoms with E-state index in [1.165, 1.54) is 19.2 Å². The molecule has 0 saturated heterocycles. The van der Waals surface area contributed by atoms with Crippen LogP contribution >= 0.6 is 0 Å². The summed E-state index contributed by atoms with van der Waals surface area (Å²) in [5.41, 5.74) is 5.37. The molecule has 0 bridgehead atoms. The molecule has 1 aromatic carbocycles. The van der Waals surface area contributed by atoms with E-state index in [2.05, 4.69) is 0 Å². The van der Waals surface area contributed by atoms with Gasteiger partial charge in [0.05, 0.1) is 7.11 Å². The van der Waals surface area contributed by atoms with Crippen molar-refractivity contribution in [3.05, 3.63) is 29.8 Å². The molecule has 0 radical (unpaired) electrons. The molecule has 0 aliphatic carbocycles. The molecule has 1 rings (SSSR count). The van der Waals surface area contributed by atoms with Crippen LogP contribution in [0.1, 0.15) is 10.4 Å². The number of hydrogen-bond donors (Lipinski definition) is 1. The van der Waals surface area contributed by atoms with Crippen LogP contribution in [0.3, 0.4) is 0 Å². The maximum Gasteiger partial charge on any atom is 0.406 e. The predicted molar refractivity (Wildman–Crippen MR) is 64.0 cm³/mol. The lowest BCUT2D eigenvalue weighted by Crippen LogP contribution is -2.41. The Bertz CT molecular complexity index is 435. The van der Waals surface area contributed by atoms with Crippen LogP contribution in [-0.2, 0) is 0 Å². The summed E-state index contributed by atoms with van der Waals surface area (Å²) in [4.78, 5) is 12.7. The maximum absolute atomic E-state index is 12.4. The van der Waals surface area contributed by atoms with Crippen LogP contribution in [0.15, 0.2) is 24.3 Å². The summed E-state index contributed by atoms with van der Waals surface area (Å²) in [7, 11) is 1.41. The quantitative estimate of drug-likeness (QED) is 0.889. The fourth-order valence-corrected chi connectivity index (χ4v) is 1.56. The number of alkyl halides is 3. The molecule has 19 heavy (non-hydrogen) atoms. The van der Waals surface area contributed by atoms with E-state index in [0.29, 0.717) is 10.6 Å². The van der Waals surface area contributed by atoms with E-state index in [1.54, 1.807) is 12.1 Å². The van der Waals surface area contributed by atoms with Gasteiger partial charge in [0.2, 0.25) is 0 Å². The Hall–Kier alpha value is -1.76. The number of benzene rings is 1. The minimum absolute atomic E-state index is 0.0359. The minimum atomic E-state index is -4.45. The Kier molecular flexibility index (Phi) is 5.17. The molecule has 0 atom stereocenters. The maximum atomic E-state index is 12.4. The van der Waals surface area contributed by atoms with Crippen molar-refractivity contribution in [1.82, 2.24) is 4.90 Å². The lowest BCUT2D eigenvalue weighted by atomic mass is 10.2. The van der Waals surface area contributed by atoms with Crippen LogP contribution in [0.25, 0.3) is 0 Å². The van der Waals surface area contributed by atoms with Gasteiger partial charge in [0.15, 0.2) is 0 Å². The molecule has 106 valence electrons. The molecule has 2 N–H and O–H groups in total. The second-order valence-electron chi connectivity index (χ2n) is 3.86. The summed E-state index contributed by atoms with van der Waals surface area (Å²) >= 11 is 0. The molecule has 1 amide bonds. The number of methoxy groups -OCH3 is 1. The normalized spacial score (nSPS) is 11.2. The molecule has 0 saturated carbocycles. The third kappa shape index (κ3) is 4.78. The van der Waals surface area contributed by atoms with E-state index < -0.39 is 18.6 Å². The number of hydrogen-bond acceptors (Lipinski definition) is 3. The first-order valence-electron chi connectivity index (χ1n) is 5.57. The van der Waals surface area contributed by atoms with Crippen molar-refractivity contribution < 1.29 is 22.7 Å². The molecule has 0 fully saturated rings. The number of amides is 1. The minimum Gasteiger partial charge on any atom is -0.497 e. The number of nitrogens with two attached hydrogens (primary N) is 1. The van der Waals surface area contributed by atoms with Crippen molar-refractivity contribution >= 4 is 5.91 Å². The number of nitrogens with zero attached hydrogens (tertiary/aromatic N) is 1. The predicted octanol–water partition coefficient (Wildman–Crippen LogP) is 1.66. The van der Waals surface area contributed by atoms with Gasteiger partial charge in [-0.1, -0.05) is 6.07 Å². The van der Waals surface area contributed by atoms with Crippen molar-refractivity contribution in [1.29, 1.82) is 0 Å². The standard InChI is InChI=1S/C12H15F3N2O2/c1-19-10-4-2-3-9(7-10)11(18)17(6-5-16)8-12(13,14)15/h2-4,7H,5-6,8,16H2,1H3. The van der Waals surface area contributed by atoms with Gasteiger partial charge in [-0.2, -0.15) is 13.2 Å². The highest BCUT2D eigenvalue weighted by Crippen LogP contribution is 2.19. The van der Waals surface area contributed by atoms with Crippen LogP contribution in [0.5, 0.6) is 5.75 Å². The lowest BCUT2D eigenvalue weighted by molar-refractivity contribution is -0.140. The topological polar surface area (TPSA) is 55.6 Å². The molecule has 0 aliphatic heterocycles. The van der Waals surface area contributed by atoms with E-state index >= 15 is 0 Å². The zero-order valence-electron chi connectivity index (χ0n) is 10.4. The average molecular weight is 276 g/mol. The number of carbonyl (C=O) groups is 1. The highest BCUT2D eigenvalue weighted by molar-refractivity contribution is 5.94. The van der Waals surface area contributed by atoms with Gasteiger partial charge >= 0.3 is 6.18 Å². The van der Waals surface area contributed by atoms with Gasteiger partial charge in [-0.3, -0.25) is 4.79 Å². The number of rotatable bonds is 5. The monoisotopic (exact) mass is 276 g/mol. The second-order valence-corrected chi connectivity index (χ2v) is 3.86. The summed E-state index contributed by atoms with van der Waals surface area (Å²) in [6.45, 7) is -1.51. The zero-order chi connectivity index (χ0) is 14.5.